The van der Waals surface area contributed by atoms with Gasteiger partial charge in [0.05, 0.1) is 11.0 Å². The fourth-order valence-corrected chi connectivity index (χ4v) is 4.20. The van der Waals surface area contributed by atoms with Crippen LogP contribution >= 0.6 is 23.4 Å². The summed E-state index contributed by atoms with van der Waals surface area (Å²) in [4.78, 5) is 18.9. The Kier molecular flexibility index (Phi) is 5.80. The van der Waals surface area contributed by atoms with Crippen LogP contribution in [0.3, 0.4) is 0 Å². The first kappa shape index (κ1) is 20.5. The number of nitrogens with one attached hydrogen (secondary N) is 1. The Labute approximate surface area is 164 Å². The number of aromatic nitrogens is 2. The Bertz CT molecular complexity index is 739. The summed E-state index contributed by atoms with van der Waals surface area (Å²) < 4.78 is 11.4. The third-order valence-corrected chi connectivity index (χ3v) is 5.63. The second kappa shape index (κ2) is 7.64. The van der Waals surface area contributed by atoms with E-state index in [-0.39, 0.29) is 16.1 Å². The van der Waals surface area contributed by atoms with Crippen molar-refractivity contribution in [3.63, 3.8) is 0 Å². The van der Waals surface area contributed by atoms with Crippen molar-refractivity contribution >= 4 is 34.9 Å². The maximum Gasteiger partial charge on any atom is 0.348 e. The molecule has 1 aliphatic carbocycles. The first-order valence-corrected chi connectivity index (χ1v) is 9.84. The average molecular weight is 421 g/mol. The molecule has 0 spiro atoms. The molecule has 2 fully saturated rings. The Morgan fingerprint density at radius 2 is 1.96 bits per heavy atom. The maximum atomic E-state index is 11.4. The molecule has 27 heavy (non-hydrogen) atoms. The first-order valence-electron chi connectivity index (χ1n) is 8.47. The van der Waals surface area contributed by atoms with Crippen LogP contribution in [-0.2, 0) is 9.47 Å². The molecule has 5 atom stereocenters. The first-order chi connectivity index (χ1) is 12.6. The van der Waals surface area contributed by atoms with Gasteiger partial charge in [0.2, 0.25) is 11.0 Å². The average Bonchev–Trinajstić information content (AvgIpc) is 2.99. The zero-order valence-corrected chi connectivity index (χ0v) is 16.5. The zero-order chi connectivity index (χ0) is 19.9. The predicted octanol–water partition coefficient (Wildman–Crippen LogP) is 1.58. The van der Waals surface area contributed by atoms with Crippen molar-refractivity contribution in [1.29, 1.82) is 0 Å². The molecule has 3 N–H and O–H groups in total. The van der Waals surface area contributed by atoms with Crippen molar-refractivity contribution in [3.05, 3.63) is 15.3 Å². The van der Waals surface area contributed by atoms with Gasteiger partial charge in [-0.05, 0) is 20.3 Å². The van der Waals surface area contributed by atoms with E-state index >= 15 is 0 Å². The van der Waals surface area contributed by atoms with Gasteiger partial charge in [-0.3, -0.25) is 10.1 Å². The predicted molar refractivity (Wildman–Crippen MR) is 98.0 cm³/mol. The minimum absolute atomic E-state index is 0.135. The van der Waals surface area contributed by atoms with E-state index in [0.29, 0.717) is 5.75 Å². The molecule has 0 aromatic carbocycles. The molecule has 1 saturated carbocycles. The fourth-order valence-electron chi connectivity index (χ4n) is 3.21. The fraction of sp³-hybridized carbons (Fsp3) is 0.733. The minimum Gasteiger partial charge on any atom is -0.388 e. The van der Waals surface area contributed by atoms with Gasteiger partial charge in [0, 0.05) is 5.75 Å². The van der Waals surface area contributed by atoms with Gasteiger partial charge in [0.15, 0.2) is 10.9 Å². The summed E-state index contributed by atoms with van der Waals surface area (Å²) in [7, 11) is 0. The Balaban J connectivity index is 1.93. The van der Waals surface area contributed by atoms with Gasteiger partial charge < -0.3 is 25.0 Å². The normalized spacial score (nSPS) is 31.7. The van der Waals surface area contributed by atoms with E-state index in [0.717, 1.165) is 6.42 Å². The summed E-state index contributed by atoms with van der Waals surface area (Å²) in [5, 5.41) is 34.9. The zero-order valence-electron chi connectivity index (χ0n) is 15.0. The highest BCUT2D eigenvalue weighted by atomic mass is 35.5. The van der Waals surface area contributed by atoms with Crippen LogP contribution in [0.4, 0.5) is 11.5 Å². The molecule has 1 saturated heterocycles. The van der Waals surface area contributed by atoms with Crippen molar-refractivity contribution in [2.24, 2.45) is 0 Å². The van der Waals surface area contributed by atoms with Gasteiger partial charge in [-0.15, -0.1) is 0 Å². The largest absolute Gasteiger partial charge is 0.388 e. The lowest BCUT2D eigenvalue weighted by atomic mass is 10.1. The van der Waals surface area contributed by atoms with Gasteiger partial charge in [0.25, 0.3) is 0 Å². The van der Waals surface area contributed by atoms with Crippen LogP contribution in [-0.4, -0.2) is 67.1 Å². The van der Waals surface area contributed by atoms with E-state index < -0.39 is 46.9 Å². The summed E-state index contributed by atoms with van der Waals surface area (Å²) in [6.07, 6.45) is -3.10. The number of hydrogen-bond acceptors (Lipinski definition) is 10. The van der Waals surface area contributed by atoms with E-state index in [9.17, 15) is 20.3 Å². The van der Waals surface area contributed by atoms with Crippen molar-refractivity contribution < 1.29 is 24.6 Å². The van der Waals surface area contributed by atoms with E-state index in [1.165, 1.54) is 11.8 Å². The number of aliphatic hydroxyl groups excluding tert-OH is 2. The molecular formula is C15H21ClN4O6S. The lowest BCUT2D eigenvalue weighted by Gasteiger charge is -2.26. The van der Waals surface area contributed by atoms with E-state index in [2.05, 4.69) is 15.3 Å². The van der Waals surface area contributed by atoms with Crippen molar-refractivity contribution in [2.45, 2.75) is 68.6 Å². The molecule has 12 heteroatoms. The molecule has 0 amide bonds. The summed E-state index contributed by atoms with van der Waals surface area (Å²) in [5.41, 5.74) is -0.499. The molecule has 150 valence electrons. The van der Waals surface area contributed by atoms with Crippen LogP contribution in [0.25, 0.3) is 0 Å². The molecule has 2 heterocycles. The number of aliphatic hydroxyl groups is 2. The number of halogens is 1. The summed E-state index contributed by atoms with van der Waals surface area (Å²) in [5.74, 6) is -0.370. The minimum atomic E-state index is -1.27. The van der Waals surface area contributed by atoms with Crippen LogP contribution in [0.1, 0.15) is 27.2 Å². The third kappa shape index (κ3) is 3.98. The summed E-state index contributed by atoms with van der Waals surface area (Å²) in [6, 6.07) is -0.875. The highest BCUT2D eigenvalue weighted by Gasteiger charge is 2.58. The van der Waals surface area contributed by atoms with Gasteiger partial charge in [-0.1, -0.05) is 30.3 Å². The Morgan fingerprint density at radius 3 is 2.59 bits per heavy atom. The van der Waals surface area contributed by atoms with Gasteiger partial charge in [0.1, 0.15) is 24.4 Å². The lowest BCUT2D eigenvalue weighted by Crippen LogP contribution is -2.42. The van der Waals surface area contributed by atoms with Gasteiger partial charge >= 0.3 is 5.69 Å². The number of nitrogens with zero attached hydrogens (tertiary/aromatic N) is 3. The Hall–Kier alpha value is -1.24. The van der Waals surface area contributed by atoms with Crippen LogP contribution in [0, 0.1) is 10.1 Å². The number of rotatable bonds is 6. The molecule has 1 aliphatic heterocycles. The number of anilines is 1. The number of hydrogen-bond donors (Lipinski definition) is 3. The molecule has 0 bridgehead atoms. The molecule has 0 radical (unpaired) electrons. The van der Waals surface area contributed by atoms with Crippen LogP contribution in [0.5, 0.6) is 0 Å². The molecule has 1 aromatic heterocycles. The smallest absolute Gasteiger partial charge is 0.348 e. The van der Waals surface area contributed by atoms with E-state index in [4.69, 9.17) is 21.1 Å². The number of thioether (sulfide) groups is 1. The summed E-state index contributed by atoms with van der Waals surface area (Å²) in [6.45, 7) is 5.35. The van der Waals surface area contributed by atoms with Gasteiger partial charge in [-0.25, -0.2) is 4.98 Å². The maximum absolute atomic E-state index is 11.4. The number of ether oxygens (including phenoxy) is 2. The second-order valence-electron chi connectivity index (χ2n) is 6.82. The molecule has 1 unspecified atom stereocenters. The molecular weight excluding hydrogens is 400 g/mol. The second-order valence-corrected chi connectivity index (χ2v) is 8.24. The highest BCUT2D eigenvalue weighted by Crippen LogP contribution is 2.41. The standard InChI is InChI=1S/C15H21ClN4O6S/c1-4-5-27-14-18-12(16)7(20(23)24)13(19-14)17-6-8(21)9(22)11-10(6)25-15(2,3)26-11/h6,8-11,21-22H,4-5H2,1-3H3,(H,17,18,19)/t6-,8-,9+,10?,11-/m1/s1. The summed E-state index contributed by atoms with van der Waals surface area (Å²) >= 11 is 7.31. The molecule has 10 nitrogen and oxygen atoms in total. The molecule has 3 rings (SSSR count). The highest BCUT2D eigenvalue weighted by molar-refractivity contribution is 7.99. The number of nitro groups is 1. The van der Waals surface area contributed by atoms with Crippen molar-refractivity contribution in [1.82, 2.24) is 9.97 Å². The van der Waals surface area contributed by atoms with Crippen LogP contribution in [0.15, 0.2) is 5.16 Å². The van der Waals surface area contributed by atoms with Crippen LogP contribution < -0.4 is 5.32 Å². The topological polar surface area (TPSA) is 140 Å². The van der Waals surface area contributed by atoms with Crippen molar-refractivity contribution in [3.8, 4) is 0 Å². The SMILES string of the molecule is CCCSc1nc(Cl)c([N+](=O)[O-])c(N[C@H]2C3OC(C)(C)O[C@@H]3[C@@H](O)[C@@H]2O)n1. The van der Waals surface area contributed by atoms with E-state index in [1.807, 2.05) is 6.92 Å². The lowest BCUT2D eigenvalue weighted by molar-refractivity contribution is -0.384. The van der Waals surface area contributed by atoms with Crippen LogP contribution in [0.2, 0.25) is 5.15 Å². The molecule has 2 aliphatic rings. The van der Waals surface area contributed by atoms with Gasteiger partial charge in [-0.2, -0.15) is 4.98 Å². The quantitative estimate of drug-likeness (QED) is 0.204. The van der Waals surface area contributed by atoms with Crippen molar-refractivity contribution in [2.75, 3.05) is 11.1 Å². The Morgan fingerprint density at radius 1 is 1.30 bits per heavy atom. The van der Waals surface area contributed by atoms with E-state index in [1.54, 1.807) is 13.8 Å². The molecule has 1 aromatic rings. The number of fused-ring (bicyclic) bond motifs is 1. The monoisotopic (exact) mass is 420 g/mol. The third-order valence-electron chi connectivity index (χ3n) is 4.31.